The van der Waals surface area contributed by atoms with Gasteiger partial charge in [-0.15, -0.1) is 0 Å². The average Bonchev–Trinajstić information content (AvgIpc) is 2.80. The first-order chi connectivity index (χ1) is 8.13. The van der Waals surface area contributed by atoms with Crippen LogP contribution in [0.2, 0.25) is 0 Å². The number of fused-ring (bicyclic) bond motifs is 1. The van der Waals surface area contributed by atoms with Crippen LogP contribution in [-0.2, 0) is 13.0 Å². The molecule has 1 N–H and O–H groups in total. The first kappa shape index (κ1) is 10.7. The van der Waals surface area contributed by atoms with E-state index in [0.717, 1.165) is 18.2 Å². The highest BCUT2D eigenvalue weighted by Crippen LogP contribution is 2.30. The molecule has 0 fully saturated rings. The number of aromatic amines is 1. The molecule has 2 nitrogen and oxygen atoms in total. The van der Waals surface area contributed by atoms with Gasteiger partial charge in [0, 0.05) is 30.4 Å². The normalized spacial score (nSPS) is 18.4. The zero-order chi connectivity index (χ0) is 12.0. The van der Waals surface area contributed by atoms with Crippen LogP contribution in [0.3, 0.4) is 0 Å². The van der Waals surface area contributed by atoms with Crippen LogP contribution in [0, 0.1) is 16.4 Å². The molecule has 17 heavy (non-hydrogen) atoms. The third kappa shape index (κ3) is 1.80. The van der Waals surface area contributed by atoms with Crippen LogP contribution in [-0.4, -0.2) is 9.55 Å². The van der Waals surface area contributed by atoms with Gasteiger partial charge in [-0.05, 0) is 36.3 Å². The topological polar surface area (TPSA) is 20.7 Å². The summed E-state index contributed by atoms with van der Waals surface area (Å²) in [5, 5.41) is 0. The molecular formula is C12H10F2N2S. The molecule has 0 spiro atoms. The second-order valence-corrected chi connectivity index (χ2v) is 4.69. The molecule has 0 radical (unpaired) electrons. The van der Waals surface area contributed by atoms with Crippen LogP contribution in [0.15, 0.2) is 24.4 Å². The number of H-pyrrole nitrogens is 1. The number of hydrogen-bond donors (Lipinski definition) is 1. The Kier molecular flexibility index (Phi) is 2.36. The summed E-state index contributed by atoms with van der Waals surface area (Å²) in [6.07, 6.45) is 2.62. The van der Waals surface area contributed by atoms with Crippen molar-refractivity contribution in [1.29, 1.82) is 0 Å². The number of halogens is 2. The van der Waals surface area contributed by atoms with E-state index in [-0.39, 0.29) is 5.92 Å². The summed E-state index contributed by atoms with van der Waals surface area (Å²) >= 11 is 5.13. The van der Waals surface area contributed by atoms with E-state index < -0.39 is 11.6 Å². The highest BCUT2D eigenvalue weighted by atomic mass is 32.1. The summed E-state index contributed by atoms with van der Waals surface area (Å²) in [6, 6.07) is 3.69. The molecule has 0 unspecified atom stereocenters. The summed E-state index contributed by atoms with van der Waals surface area (Å²) in [5.74, 6) is -0.949. The molecule has 1 aromatic heterocycles. The van der Waals surface area contributed by atoms with Crippen molar-refractivity contribution in [2.24, 2.45) is 0 Å². The number of nitrogens with one attached hydrogen (secondary N) is 1. The zero-order valence-corrected chi connectivity index (χ0v) is 9.73. The molecular weight excluding hydrogens is 242 g/mol. The van der Waals surface area contributed by atoms with E-state index in [4.69, 9.17) is 12.2 Å². The maximum atomic E-state index is 13.1. The minimum atomic E-state index is -0.526. The lowest BCUT2D eigenvalue weighted by atomic mass is 9.97. The Balaban J connectivity index is 1.96. The lowest BCUT2D eigenvalue weighted by Crippen LogP contribution is -2.02. The fraction of sp³-hybridized carbons (Fsp3) is 0.250. The average molecular weight is 252 g/mol. The van der Waals surface area contributed by atoms with E-state index in [1.165, 1.54) is 12.1 Å². The first-order valence-corrected chi connectivity index (χ1v) is 5.77. The van der Waals surface area contributed by atoms with Gasteiger partial charge in [0.2, 0.25) is 0 Å². The maximum absolute atomic E-state index is 13.1. The molecule has 0 saturated carbocycles. The van der Waals surface area contributed by atoms with Gasteiger partial charge in [-0.1, -0.05) is 0 Å². The second kappa shape index (κ2) is 3.77. The number of rotatable bonds is 1. The molecule has 0 aliphatic carbocycles. The second-order valence-electron chi connectivity index (χ2n) is 4.30. The van der Waals surface area contributed by atoms with Crippen molar-refractivity contribution >= 4 is 12.2 Å². The molecule has 2 heterocycles. The Morgan fingerprint density at radius 2 is 1.94 bits per heavy atom. The van der Waals surface area contributed by atoms with E-state index in [2.05, 4.69) is 4.98 Å². The first-order valence-electron chi connectivity index (χ1n) is 5.36. The van der Waals surface area contributed by atoms with E-state index in [0.29, 0.717) is 16.9 Å². The summed E-state index contributed by atoms with van der Waals surface area (Å²) < 4.78 is 28.9. The predicted molar refractivity (Wildman–Crippen MR) is 62.4 cm³/mol. The van der Waals surface area contributed by atoms with Crippen molar-refractivity contribution in [3.05, 3.63) is 52.1 Å². The minimum absolute atomic E-state index is 0.103. The molecule has 1 aliphatic rings. The molecule has 2 aromatic rings. The van der Waals surface area contributed by atoms with Crippen molar-refractivity contribution in [3.8, 4) is 0 Å². The van der Waals surface area contributed by atoms with Crippen molar-refractivity contribution < 1.29 is 8.78 Å². The van der Waals surface area contributed by atoms with Crippen LogP contribution in [0.5, 0.6) is 0 Å². The molecule has 3 rings (SSSR count). The van der Waals surface area contributed by atoms with E-state index in [9.17, 15) is 8.78 Å². The maximum Gasteiger partial charge on any atom is 0.177 e. The quantitative estimate of drug-likeness (QED) is 0.773. The number of imidazole rings is 1. The van der Waals surface area contributed by atoms with Crippen LogP contribution in [0.1, 0.15) is 17.2 Å². The molecule has 88 valence electrons. The monoisotopic (exact) mass is 252 g/mol. The third-order valence-electron chi connectivity index (χ3n) is 3.17. The highest BCUT2D eigenvalue weighted by molar-refractivity contribution is 7.71. The van der Waals surface area contributed by atoms with E-state index in [1.807, 2.05) is 10.8 Å². The molecule has 0 bridgehead atoms. The van der Waals surface area contributed by atoms with Crippen molar-refractivity contribution in [2.75, 3.05) is 0 Å². The van der Waals surface area contributed by atoms with Crippen molar-refractivity contribution in [3.63, 3.8) is 0 Å². The lowest BCUT2D eigenvalue weighted by Gasteiger charge is -2.09. The fourth-order valence-corrected chi connectivity index (χ4v) is 2.62. The van der Waals surface area contributed by atoms with Crippen molar-refractivity contribution in [2.45, 2.75) is 18.9 Å². The standard InChI is InChI=1S/C12H10F2N2S/c13-9-1-7(2-10(14)4-9)8-3-11-5-15-12(17)16(11)6-8/h1-2,4-5,8H,3,6H2,(H,15,17)/t8-/m1/s1. The van der Waals surface area contributed by atoms with Gasteiger partial charge in [0.25, 0.3) is 0 Å². The number of benzene rings is 1. The number of nitrogens with zero attached hydrogens (tertiary/aromatic N) is 1. The van der Waals surface area contributed by atoms with Gasteiger partial charge in [-0.2, -0.15) is 0 Å². The smallest absolute Gasteiger partial charge is 0.177 e. The molecule has 1 aromatic carbocycles. The highest BCUT2D eigenvalue weighted by Gasteiger charge is 2.24. The number of aromatic nitrogens is 2. The third-order valence-corrected chi connectivity index (χ3v) is 3.51. The van der Waals surface area contributed by atoms with Crippen LogP contribution in [0.4, 0.5) is 8.78 Å². The minimum Gasteiger partial charge on any atom is -0.337 e. The zero-order valence-electron chi connectivity index (χ0n) is 8.91. The summed E-state index contributed by atoms with van der Waals surface area (Å²) in [6.45, 7) is 0.681. The van der Waals surface area contributed by atoms with Gasteiger partial charge in [0.15, 0.2) is 4.77 Å². The lowest BCUT2D eigenvalue weighted by molar-refractivity contribution is 0.567. The van der Waals surface area contributed by atoms with Crippen molar-refractivity contribution in [1.82, 2.24) is 9.55 Å². The molecule has 0 amide bonds. The number of hydrogen-bond acceptors (Lipinski definition) is 1. The van der Waals surface area contributed by atoms with Gasteiger partial charge in [-0.3, -0.25) is 0 Å². The van der Waals surface area contributed by atoms with Crippen LogP contribution < -0.4 is 0 Å². The largest absolute Gasteiger partial charge is 0.337 e. The fourth-order valence-electron chi connectivity index (χ4n) is 2.37. The van der Waals surface area contributed by atoms with E-state index >= 15 is 0 Å². The Hall–Kier alpha value is -1.49. The van der Waals surface area contributed by atoms with Gasteiger partial charge < -0.3 is 9.55 Å². The Labute approximate surface area is 102 Å². The molecule has 5 heteroatoms. The van der Waals surface area contributed by atoms with Gasteiger partial charge in [0.05, 0.1) is 0 Å². The van der Waals surface area contributed by atoms with Crippen LogP contribution >= 0.6 is 12.2 Å². The Bertz CT molecular complexity index is 609. The van der Waals surface area contributed by atoms with E-state index in [1.54, 1.807) is 0 Å². The molecule has 0 saturated heterocycles. The SMILES string of the molecule is Fc1cc(F)cc([C@@H]2Cc3c[nH]c(=S)n3C2)c1. The van der Waals surface area contributed by atoms with Gasteiger partial charge >= 0.3 is 0 Å². The predicted octanol–water partition coefficient (Wildman–Crippen LogP) is 3.16. The Morgan fingerprint density at radius 1 is 1.24 bits per heavy atom. The summed E-state index contributed by atoms with van der Waals surface area (Å²) in [7, 11) is 0. The Morgan fingerprint density at radius 3 is 2.59 bits per heavy atom. The van der Waals surface area contributed by atoms with Gasteiger partial charge in [0.1, 0.15) is 11.6 Å². The van der Waals surface area contributed by atoms with Gasteiger partial charge in [-0.25, -0.2) is 8.78 Å². The summed E-state index contributed by atoms with van der Waals surface area (Å²) in [4.78, 5) is 2.96. The van der Waals surface area contributed by atoms with Crippen LogP contribution in [0.25, 0.3) is 0 Å². The molecule has 1 aliphatic heterocycles. The summed E-state index contributed by atoms with van der Waals surface area (Å²) in [5.41, 5.74) is 1.78. The molecule has 1 atom stereocenters.